The van der Waals surface area contributed by atoms with Crippen molar-refractivity contribution in [1.82, 2.24) is 0 Å². The van der Waals surface area contributed by atoms with Crippen molar-refractivity contribution in [3.63, 3.8) is 0 Å². The highest BCUT2D eigenvalue weighted by atomic mass is 28.4. The maximum absolute atomic E-state index is 14.2. The van der Waals surface area contributed by atoms with Gasteiger partial charge in [0.05, 0.1) is 57.4 Å². The Balaban J connectivity index is 0.000000234. The smallest absolute Gasteiger partial charge is 0.194 e. The lowest BCUT2D eigenvalue weighted by Crippen LogP contribution is -2.48. The lowest BCUT2D eigenvalue weighted by molar-refractivity contribution is -0.000332. The van der Waals surface area contributed by atoms with Gasteiger partial charge in [0.2, 0.25) is 0 Å². The molecule has 0 radical (unpaired) electrons. The van der Waals surface area contributed by atoms with Crippen LogP contribution in [0.4, 0.5) is 0 Å². The van der Waals surface area contributed by atoms with Gasteiger partial charge >= 0.3 is 0 Å². The first kappa shape index (κ1) is 62.3. The lowest BCUT2D eigenvalue weighted by Gasteiger charge is -2.41. The molecule has 2 aliphatic rings. The molecule has 0 saturated heterocycles. The highest BCUT2D eigenvalue weighted by Crippen LogP contribution is 2.51. The standard InChI is InChI=1S/C34H44O6Si.C32H38O7Si/c1-10-11-24-20(2)16-25-26(18-35)30-27(39-19-22-12-14-23(38-7)15-13-22)17-28(40-41(8,9)34(4,5)6)32(36)31(30)33(37)29(25)21(24)3;1-18-13-22-24(16-34)28-25(38-17-20-9-11-21(37-6)12-10-20)14-26(39-40(7,8)32(3,4)5)30(35)29(28)31(36)27(22)19(2)23(18)15-33/h10-16,27-28,35,37H,17-19H2,1-9H3;9-13,15-16,25-26,36H,14,17H2,1-8H3/b11-10+;/t27-,28-;25-,26-/m00/s1. The van der Waals surface area contributed by atoms with Crippen LogP contribution in [0.2, 0.25) is 36.3 Å². The summed E-state index contributed by atoms with van der Waals surface area (Å²) in [6.45, 7) is 30.7. The summed E-state index contributed by atoms with van der Waals surface area (Å²) in [4.78, 5) is 52.8. The molecule has 0 bridgehead atoms. The fraction of sp³-hybridized carbons (Fsp3) is 0.424. The monoisotopic (exact) mass is 1140 g/mol. The van der Waals surface area contributed by atoms with Crippen LogP contribution in [0.25, 0.3) is 27.6 Å². The SMILES string of the molecule is C/C=C/c1c(C)cc2c(CO)c3c(c(O)c2c1C)C(=O)[C@@H](O[Si](C)(C)C(C)(C)C)C[C@@H]3OCc1ccc(OC)cc1.COc1ccc(CO[C@H]2C[C@H](O[Si](C)(C)C(C)(C)C)C(=O)c3c2c(C=O)c2cc(C)c(C=O)c(C)c2c3O)cc1. The average Bonchev–Trinajstić information content (AvgIpc) is 3.44. The van der Waals surface area contributed by atoms with Crippen molar-refractivity contribution >= 4 is 68.4 Å². The summed E-state index contributed by atoms with van der Waals surface area (Å²) in [5, 5.41) is 36.1. The van der Waals surface area contributed by atoms with E-state index >= 15 is 0 Å². The van der Waals surface area contributed by atoms with Crippen molar-refractivity contribution in [2.45, 2.75) is 170 Å². The van der Waals surface area contributed by atoms with Crippen LogP contribution in [0.1, 0.15) is 171 Å². The Morgan fingerprint density at radius 2 is 0.975 bits per heavy atom. The number of hydrogen-bond donors (Lipinski definition) is 3. The van der Waals surface area contributed by atoms with E-state index in [1.807, 2.05) is 87.5 Å². The average molecular weight is 1140 g/mol. The normalized spacial score (nSPS) is 17.7. The van der Waals surface area contributed by atoms with Gasteiger partial charge in [-0.3, -0.25) is 19.2 Å². The molecule has 15 heteroatoms. The number of phenols is 2. The van der Waals surface area contributed by atoms with Crippen LogP contribution in [-0.2, 0) is 38.1 Å². The first-order chi connectivity index (χ1) is 38.0. The number of aliphatic hydroxyl groups is 1. The largest absolute Gasteiger partial charge is 0.507 e. The predicted molar refractivity (Wildman–Crippen MR) is 325 cm³/mol. The molecule has 0 aromatic heterocycles. The number of phenolic OH excluding ortho intramolecular Hbond substituents is 2. The number of allylic oxidation sites excluding steroid dienone is 1. The fourth-order valence-electron chi connectivity index (χ4n) is 10.8. The second-order valence-electron chi connectivity index (χ2n) is 24.6. The van der Waals surface area contributed by atoms with Crippen molar-refractivity contribution in [1.29, 1.82) is 0 Å². The lowest BCUT2D eigenvalue weighted by atomic mass is 9.79. The van der Waals surface area contributed by atoms with Crippen molar-refractivity contribution in [2.24, 2.45) is 0 Å². The zero-order chi connectivity index (χ0) is 59.8. The molecule has 0 saturated carbocycles. The van der Waals surface area contributed by atoms with Crippen LogP contribution in [-0.4, -0.2) is 82.5 Å². The summed E-state index contributed by atoms with van der Waals surface area (Å²) in [5.74, 6) is 0.535. The van der Waals surface area contributed by atoms with Crippen LogP contribution < -0.4 is 9.47 Å². The molecule has 432 valence electrons. The number of rotatable bonds is 16. The number of methoxy groups -OCH3 is 2. The minimum Gasteiger partial charge on any atom is -0.507 e. The van der Waals surface area contributed by atoms with Crippen molar-refractivity contribution in [3.8, 4) is 23.0 Å². The molecule has 0 aliphatic heterocycles. The number of aryl methyl sites for hydroxylation is 4. The van der Waals surface area contributed by atoms with Crippen LogP contribution in [0.3, 0.4) is 0 Å². The molecule has 6 aromatic rings. The molecular formula is C66H82O13Si2. The number of hydrogen-bond acceptors (Lipinski definition) is 13. The molecule has 81 heavy (non-hydrogen) atoms. The first-order valence-corrected chi connectivity index (χ1v) is 33.5. The van der Waals surface area contributed by atoms with E-state index in [-0.39, 0.29) is 76.1 Å². The third-order valence-corrected chi connectivity index (χ3v) is 26.4. The van der Waals surface area contributed by atoms with E-state index < -0.39 is 41.1 Å². The highest BCUT2D eigenvalue weighted by molar-refractivity contribution is 6.74. The van der Waals surface area contributed by atoms with Crippen LogP contribution in [0, 0.1) is 27.7 Å². The van der Waals surface area contributed by atoms with Gasteiger partial charge in [-0.2, -0.15) is 0 Å². The van der Waals surface area contributed by atoms with E-state index in [1.165, 1.54) is 0 Å². The van der Waals surface area contributed by atoms with Gasteiger partial charge in [0.1, 0.15) is 35.2 Å². The molecule has 0 amide bonds. The van der Waals surface area contributed by atoms with Crippen molar-refractivity contribution in [3.05, 3.63) is 145 Å². The van der Waals surface area contributed by atoms with E-state index in [1.54, 1.807) is 34.1 Å². The molecule has 3 N–H and O–H groups in total. The van der Waals surface area contributed by atoms with Gasteiger partial charge in [-0.15, -0.1) is 0 Å². The number of carbonyl (C=O) groups is 4. The van der Waals surface area contributed by atoms with E-state index in [2.05, 4.69) is 67.7 Å². The number of aromatic hydroxyl groups is 2. The third-order valence-electron chi connectivity index (χ3n) is 17.4. The van der Waals surface area contributed by atoms with E-state index in [4.69, 9.17) is 27.8 Å². The number of fused-ring (bicyclic) bond motifs is 4. The zero-order valence-corrected chi connectivity index (χ0v) is 52.4. The maximum atomic E-state index is 14.2. The number of ketones is 2. The van der Waals surface area contributed by atoms with Gasteiger partial charge < -0.3 is 43.1 Å². The summed E-state index contributed by atoms with van der Waals surface area (Å²) in [7, 11) is -1.51. The Bertz CT molecular complexity index is 3420. The molecule has 13 nitrogen and oxygen atoms in total. The molecule has 0 spiro atoms. The minimum absolute atomic E-state index is 0.0353. The van der Waals surface area contributed by atoms with Crippen LogP contribution in [0.5, 0.6) is 23.0 Å². The molecule has 0 unspecified atom stereocenters. The van der Waals surface area contributed by atoms with Crippen molar-refractivity contribution in [2.75, 3.05) is 14.2 Å². The third kappa shape index (κ3) is 12.1. The van der Waals surface area contributed by atoms with Crippen LogP contribution >= 0.6 is 0 Å². The van der Waals surface area contributed by atoms with Gasteiger partial charge in [0.15, 0.2) is 40.8 Å². The predicted octanol–water partition coefficient (Wildman–Crippen LogP) is 15.0. The summed E-state index contributed by atoms with van der Waals surface area (Å²) >= 11 is 0. The van der Waals surface area contributed by atoms with Crippen molar-refractivity contribution < 1.29 is 62.3 Å². The number of ether oxygens (including phenoxy) is 4. The topological polar surface area (TPSA) is 184 Å². The second kappa shape index (κ2) is 24.3. The van der Waals surface area contributed by atoms with E-state index in [0.29, 0.717) is 62.2 Å². The Labute approximate surface area is 479 Å². The summed E-state index contributed by atoms with van der Waals surface area (Å²) in [5.41, 5.74) is 8.40. The minimum atomic E-state index is -2.40. The van der Waals surface area contributed by atoms with Gasteiger partial charge in [-0.1, -0.05) is 84.0 Å². The maximum Gasteiger partial charge on any atom is 0.194 e. The Morgan fingerprint density at radius 3 is 1.38 bits per heavy atom. The van der Waals surface area contributed by atoms with Gasteiger partial charge in [-0.25, -0.2) is 0 Å². The molecule has 0 heterocycles. The Hall–Kier alpha value is -6.31. The highest BCUT2D eigenvalue weighted by Gasteiger charge is 2.48. The Morgan fingerprint density at radius 1 is 0.580 bits per heavy atom. The summed E-state index contributed by atoms with van der Waals surface area (Å²) < 4.78 is 36.8. The summed E-state index contributed by atoms with van der Waals surface area (Å²) in [6.07, 6.45) is 3.06. The molecular weight excluding hydrogens is 1060 g/mol. The fourth-order valence-corrected chi connectivity index (χ4v) is 13.3. The molecule has 4 atom stereocenters. The number of carbonyl (C=O) groups excluding carboxylic acids is 4. The number of aliphatic hydroxyl groups excluding tert-OH is 1. The molecule has 2 aliphatic carbocycles. The number of Topliss-reactive ketones (excluding diaryl/α,β-unsaturated/α-hetero) is 2. The van der Waals surface area contributed by atoms with Gasteiger partial charge in [0, 0.05) is 45.9 Å². The molecule has 6 aromatic carbocycles. The number of aldehydes is 2. The zero-order valence-electron chi connectivity index (χ0n) is 50.4. The summed E-state index contributed by atoms with van der Waals surface area (Å²) in [6, 6.07) is 18.8. The van der Waals surface area contributed by atoms with Gasteiger partial charge in [0.25, 0.3) is 0 Å². The van der Waals surface area contributed by atoms with Gasteiger partial charge in [-0.05, 0) is 156 Å². The van der Waals surface area contributed by atoms with E-state index in [0.717, 1.165) is 51.0 Å². The number of benzene rings is 6. The molecule has 0 fully saturated rings. The quantitative estimate of drug-likeness (QED) is 0.0615. The Kier molecular flexibility index (Phi) is 18.7. The van der Waals surface area contributed by atoms with E-state index in [9.17, 15) is 34.5 Å². The van der Waals surface area contributed by atoms with Crippen LogP contribution in [0.15, 0.2) is 66.7 Å². The second-order valence-corrected chi connectivity index (χ2v) is 34.1. The first-order valence-electron chi connectivity index (χ1n) is 27.7. The molecule has 8 rings (SSSR count).